The Hall–Kier alpha value is -2.40. The molecule has 0 fully saturated rings. The number of hydrogen-bond donors (Lipinski definition) is 1. The summed E-state index contributed by atoms with van der Waals surface area (Å²) in [7, 11) is 0. The van der Waals surface area contributed by atoms with Crippen LogP contribution in [0.5, 0.6) is 11.5 Å². The normalized spacial score (nSPS) is 11.9. The molecule has 5 nitrogen and oxygen atoms in total. The minimum atomic E-state index is -0.447. The van der Waals surface area contributed by atoms with Crippen molar-refractivity contribution in [3.8, 4) is 11.5 Å². The lowest BCUT2D eigenvalue weighted by atomic mass is 10.1. The summed E-state index contributed by atoms with van der Waals surface area (Å²) in [6.45, 7) is 5.04. The van der Waals surface area contributed by atoms with E-state index in [4.69, 9.17) is 4.74 Å². The third kappa shape index (κ3) is 3.79. The second-order valence-corrected chi connectivity index (χ2v) is 4.68. The van der Waals surface area contributed by atoms with E-state index in [9.17, 15) is 10.1 Å². The minimum absolute atomic E-state index is 0.0393. The molecule has 0 spiro atoms. The van der Waals surface area contributed by atoms with E-state index >= 15 is 0 Å². The first-order valence-corrected chi connectivity index (χ1v) is 6.86. The van der Waals surface area contributed by atoms with Gasteiger partial charge in [-0.15, -0.1) is 0 Å². The molecule has 2 rings (SSSR count). The van der Waals surface area contributed by atoms with Crippen LogP contribution in [0.3, 0.4) is 0 Å². The molecule has 0 aromatic heterocycles. The van der Waals surface area contributed by atoms with Crippen LogP contribution in [0.2, 0.25) is 0 Å². The van der Waals surface area contributed by atoms with Crippen molar-refractivity contribution in [2.45, 2.75) is 19.9 Å². The summed E-state index contributed by atoms with van der Waals surface area (Å²) in [6.07, 6.45) is 0. The Kier molecular flexibility index (Phi) is 4.90. The van der Waals surface area contributed by atoms with Gasteiger partial charge in [0.05, 0.1) is 4.92 Å². The van der Waals surface area contributed by atoms with Crippen molar-refractivity contribution in [2.24, 2.45) is 0 Å². The van der Waals surface area contributed by atoms with Crippen LogP contribution < -0.4 is 10.1 Å². The van der Waals surface area contributed by atoms with Crippen LogP contribution in [0.1, 0.15) is 25.5 Å². The molecule has 0 aliphatic rings. The van der Waals surface area contributed by atoms with Crippen molar-refractivity contribution in [2.75, 3.05) is 6.54 Å². The number of nitrogens with one attached hydrogen (secondary N) is 1. The van der Waals surface area contributed by atoms with Crippen LogP contribution in [0, 0.1) is 10.1 Å². The van der Waals surface area contributed by atoms with Crippen molar-refractivity contribution in [1.82, 2.24) is 5.32 Å². The molecular formula is C16H18N2O3. The Balaban J connectivity index is 2.16. The number of benzene rings is 2. The van der Waals surface area contributed by atoms with Gasteiger partial charge in [-0.2, -0.15) is 0 Å². The molecule has 0 saturated carbocycles. The van der Waals surface area contributed by atoms with Crippen molar-refractivity contribution in [1.29, 1.82) is 0 Å². The van der Waals surface area contributed by atoms with Gasteiger partial charge in [-0.3, -0.25) is 10.1 Å². The highest BCUT2D eigenvalue weighted by Gasteiger charge is 2.14. The number of hydrogen-bond acceptors (Lipinski definition) is 4. The van der Waals surface area contributed by atoms with Gasteiger partial charge in [0.1, 0.15) is 5.75 Å². The topological polar surface area (TPSA) is 64.4 Å². The average molecular weight is 286 g/mol. The fraction of sp³-hybridized carbons (Fsp3) is 0.250. The summed E-state index contributed by atoms with van der Waals surface area (Å²) in [4.78, 5) is 10.5. The summed E-state index contributed by atoms with van der Waals surface area (Å²) >= 11 is 0. The Bertz CT molecular complexity index is 611. The molecule has 5 heteroatoms. The third-order valence-corrected chi connectivity index (χ3v) is 3.18. The highest BCUT2D eigenvalue weighted by molar-refractivity contribution is 5.48. The van der Waals surface area contributed by atoms with Crippen molar-refractivity contribution >= 4 is 5.69 Å². The molecule has 2 aromatic rings. The maximum atomic E-state index is 10.9. The fourth-order valence-electron chi connectivity index (χ4n) is 2.07. The molecule has 0 aliphatic carbocycles. The van der Waals surface area contributed by atoms with Crippen LogP contribution in [0.4, 0.5) is 5.69 Å². The van der Waals surface area contributed by atoms with E-state index < -0.39 is 4.92 Å². The Morgan fingerprint density at radius 1 is 1.19 bits per heavy atom. The molecular weight excluding hydrogens is 268 g/mol. The highest BCUT2D eigenvalue weighted by Crippen LogP contribution is 2.31. The smallest absolute Gasteiger partial charge is 0.311 e. The largest absolute Gasteiger partial charge is 0.450 e. The van der Waals surface area contributed by atoms with E-state index in [0.717, 1.165) is 12.1 Å². The van der Waals surface area contributed by atoms with Gasteiger partial charge in [0.15, 0.2) is 0 Å². The van der Waals surface area contributed by atoms with Gasteiger partial charge >= 0.3 is 5.69 Å². The van der Waals surface area contributed by atoms with Crippen LogP contribution in [0.25, 0.3) is 0 Å². The highest BCUT2D eigenvalue weighted by atomic mass is 16.6. The zero-order valence-corrected chi connectivity index (χ0v) is 12.1. The number of nitrogens with zero attached hydrogens (tertiary/aromatic N) is 1. The molecule has 0 saturated heterocycles. The van der Waals surface area contributed by atoms with Gasteiger partial charge < -0.3 is 10.1 Å². The van der Waals surface area contributed by atoms with E-state index in [1.54, 1.807) is 18.2 Å². The van der Waals surface area contributed by atoms with Gasteiger partial charge in [-0.1, -0.05) is 31.2 Å². The SMILES string of the molecule is CCNC(C)c1ccc(Oc2ccccc2[N+](=O)[O-])cc1. The number of ether oxygens (including phenoxy) is 1. The van der Waals surface area contributed by atoms with Crippen molar-refractivity contribution < 1.29 is 9.66 Å². The second kappa shape index (κ2) is 6.85. The van der Waals surface area contributed by atoms with E-state index in [-0.39, 0.29) is 17.5 Å². The van der Waals surface area contributed by atoms with E-state index in [1.165, 1.54) is 6.07 Å². The number of nitro groups is 1. The molecule has 0 aliphatic heterocycles. The molecule has 0 amide bonds. The van der Waals surface area contributed by atoms with Crippen LogP contribution in [-0.2, 0) is 0 Å². The lowest BCUT2D eigenvalue weighted by Crippen LogP contribution is -2.17. The van der Waals surface area contributed by atoms with E-state index in [1.807, 2.05) is 24.3 Å². The molecule has 110 valence electrons. The standard InChI is InChI=1S/C16H18N2O3/c1-3-17-12(2)13-8-10-14(11-9-13)21-16-7-5-4-6-15(16)18(19)20/h4-12,17H,3H2,1-2H3. The van der Waals surface area contributed by atoms with Gasteiger partial charge in [0.2, 0.25) is 5.75 Å². The quantitative estimate of drug-likeness (QED) is 0.642. The zero-order valence-electron chi connectivity index (χ0n) is 12.1. The van der Waals surface area contributed by atoms with Gasteiger partial charge in [-0.05, 0) is 37.2 Å². The predicted octanol–water partition coefficient (Wildman–Crippen LogP) is 4.06. The molecule has 1 unspecified atom stereocenters. The van der Waals surface area contributed by atoms with Gasteiger partial charge in [-0.25, -0.2) is 0 Å². The molecule has 1 N–H and O–H groups in total. The Morgan fingerprint density at radius 2 is 1.86 bits per heavy atom. The first-order valence-electron chi connectivity index (χ1n) is 6.86. The molecule has 0 bridgehead atoms. The molecule has 2 aromatic carbocycles. The summed E-state index contributed by atoms with van der Waals surface area (Å²) < 4.78 is 5.60. The summed E-state index contributed by atoms with van der Waals surface area (Å²) in [5.74, 6) is 0.826. The number of nitro benzene ring substituents is 1. The van der Waals surface area contributed by atoms with Crippen LogP contribution >= 0.6 is 0 Å². The Morgan fingerprint density at radius 3 is 2.48 bits per heavy atom. The summed E-state index contributed by atoms with van der Waals surface area (Å²) in [6, 6.07) is 14.2. The van der Waals surface area contributed by atoms with Crippen LogP contribution in [-0.4, -0.2) is 11.5 Å². The monoisotopic (exact) mass is 286 g/mol. The molecule has 0 heterocycles. The Labute approximate surface area is 123 Å². The maximum absolute atomic E-state index is 10.9. The van der Waals surface area contributed by atoms with Gasteiger partial charge in [0.25, 0.3) is 0 Å². The van der Waals surface area contributed by atoms with Gasteiger partial charge in [0, 0.05) is 12.1 Å². The maximum Gasteiger partial charge on any atom is 0.311 e. The summed E-state index contributed by atoms with van der Waals surface area (Å²) in [5, 5.41) is 14.3. The lowest BCUT2D eigenvalue weighted by Gasteiger charge is -2.13. The minimum Gasteiger partial charge on any atom is -0.450 e. The first-order chi connectivity index (χ1) is 10.1. The average Bonchev–Trinajstić information content (AvgIpc) is 2.48. The molecule has 21 heavy (non-hydrogen) atoms. The van der Waals surface area contributed by atoms with E-state index in [0.29, 0.717) is 5.75 Å². The fourth-order valence-corrected chi connectivity index (χ4v) is 2.07. The van der Waals surface area contributed by atoms with Crippen LogP contribution in [0.15, 0.2) is 48.5 Å². The first kappa shape index (κ1) is 15.0. The second-order valence-electron chi connectivity index (χ2n) is 4.68. The summed E-state index contributed by atoms with van der Waals surface area (Å²) in [5.41, 5.74) is 1.11. The number of rotatable bonds is 6. The molecule has 1 atom stereocenters. The van der Waals surface area contributed by atoms with Crippen molar-refractivity contribution in [3.63, 3.8) is 0 Å². The predicted molar refractivity (Wildman–Crippen MR) is 81.7 cm³/mol. The third-order valence-electron chi connectivity index (χ3n) is 3.18. The number of para-hydroxylation sites is 2. The zero-order chi connectivity index (χ0) is 15.2. The van der Waals surface area contributed by atoms with Crippen molar-refractivity contribution in [3.05, 3.63) is 64.2 Å². The lowest BCUT2D eigenvalue weighted by molar-refractivity contribution is -0.385. The molecule has 0 radical (unpaired) electrons. The van der Waals surface area contributed by atoms with E-state index in [2.05, 4.69) is 19.2 Å².